The van der Waals surface area contributed by atoms with Crippen LogP contribution in [0.1, 0.15) is 32.2 Å². The van der Waals surface area contributed by atoms with Crippen LogP contribution in [0.3, 0.4) is 0 Å². The van der Waals surface area contributed by atoms with Crippen LogP contribution in [-0.4, -0.2) is 14.6 Å². The van der Waals surface area contributed by atoms with Crippen LogP contribution >= 0.6 is 11.6 Å². The lowest BCUT2D eigenvalue weighted by Crippen LogP contribution is -2.13. The van der Waals surface area contributed by atoms with E-state index in [2.05, 4.69) is 30.9 Å². The molecule has 0 saturated carbocycles. The summed E-state index contributed by atoms with van der Waals surface area (Å²) in [5, 5.41) is 5.00. The first-order valence-corrected chi connectivity index (χ1v) is 5.29. The summed E-state index contributed by atoms with van der Waals surface area (Å²) in [6, 6.07) is 3.86. The van der Waals surface area contributed by atoms with Gasteiger partial charge >= 0.3 is 0 Å². The smallest absolute Gasteiger partial charge is 0.157 e. The third-order valence-electron chi connectivity index (χ3n) is 2.21. The number of halogens is 1. The Bertz CT molecular complexity index is 508. The summed E-state index contributed by atoms with van der Waals surface area (Å²) in [5.74, 6) is 0.815. The SMILES string of the molecule is Cc1cc(Cl)n2nc(C(C)(C)C)nc2c1. The topological polar surface area (TPSA) is 30.2 Å². The zero-order chi connectivity index (χ0) is 11.2. The first-order valence-electron chi connectivity index (χ1n) is 4.91. The highest BCUT2D eigenvalue weighted by Crippen LogP contribution is 2.21. The molecule has 2 rings (SSSR count). The standard InChI is InChI=1S/C11H14ClN3/c1-7-5-8(12)15-9(6-7)13-10(14-15)11(2,3)4/h5-6H,1-4H3. The Morgan fingerprint density at radius 1 is 1.27 bits per heavy atom. The lowest BCUT2D eigenvalue weighted by atomic mass is 9.96. The summed E-state index contributed by atoms with van der Waals surface area (Å²) in [6.07, 6.45) is 0. The lowest BCUT2D eigenvalue weighted by Gasteiger charge is -2.11. The zero-order valence-electron chi connectivity index (χ0n) is 9.37. The van der Waals surface area contributed by atoms with Gasteiger partial charge in [-0.3, -0.25) is 0 Å². The van der Waals surface area contributed by atoms with Gasteiger partial charge in [0.05, 0.1) is 0 Å². The minimum atomic E-state index is -0.0523. The Morgan fingerprint density at radius 3 is 2.53 bits per heavy atom. The maximum atomic E-state index is 6.09. The van der Waals surface area contributed by atoms with Crippen LogP contribution in [0.25, 0.3) is 5.65 Å². The monoisotopic (exact) mass is 223 g/mol. The van der Waals surface area contributed by atoms with Crippen molar-refractivity contribution < 1.29 is 0 Å². The van der Waals surface area contributed by atoms with Crippen LogP contribution in [-0.2, 0) is 5.41 Å². The van der Waals surface area contributed by atoms with Crippen molar-refractivity contribution in [1.29, 1.82) is 0 Å². The Balaban J connectivity index is 2.71. The maximum Gasteiger partial charge on any atom is 0.157 e. The molecule has 2 heterocycles. The normalized spacial score (nSPS) is 12.3. The van der Waals surface area contributed by atoms with Crippen LogP contribution < -0.4 is 0 Å². The van der Waals surface area contributed by atoms with Gasteiger partial charge in [0.2, 0.25) is 0 Å². The Hall–Kier alpha value is -1.09. The van der Waals surface area contributed by atoms with Crippen molar-refractivity contribution >= 4 is 17.2 Å². The Kier molecular flexibility index (Phi) is 2.23. The van der Waals surface area contributed by atoms with Gasteiger partial charge in [0.25, 0.3) is 0 Å². The quantitative estimate of drug-likeness (QED) is 0.643. The van der Waals surface area contributed by atoms with Gasteiger partial charge in [-0.2, -0.15) is 0 Å². The molecule has 0 atom stereocenters. The molecule has 0 bridgehead atoms. The molecule has 0 saturated heterocycles. The first-order chi connectivity index (χ1) is 6.88. The number of pyridine rings is 1. The Labute approximate surface area is 94.1 Å². The number of hydrogen-bond acceptors (Lipinski definition) is 2. The fourth-order valence-corrected chi connectivity index (χ4v) is 1.68. The molecule has 80 valence electrons. The van der Waals surface area contributed by atoms with Crippen molar-refractivity contribution in [1.82, 2.24) is 14.6 Å². The van der Waals surface area contributed by atoms with E-state index in [1.54, 1.807) is 4.52 Å². The fourth-order valence-electron chi connectivity index (χ4n) is 1.39. The summed E-state index contributed by atoms with van der Waals surface area (Å²) in [6.45, 7) is 8.25. The van der Waals surface area contributed by atoms with E-state index in [4.69, 9.17) is 11.6 Å². The van der Waals surface area contributed by atoms with Gasteiger partial charge < -0.3 is 0 Å². The Morgan fingerprint density at radius 2 is 1.93 bits per heavy atom. The van der Waals surface area contributed by atoms with Crippen LogP contribution in [0, 0.1) is 6.92 Å². The minimum absolute atomic E-state index is 0.0523. The van der Waals surface area contributed by atoms with E-state index in [0.29, 0.717) is 5.15 Å². The van der Waals surface area contributed by atoms with E-state index in [0.717, 1.165) is 17.0 Å². The van der Waals surface area contributed by atoms with Crippen molar-refractivity contribution in [2.45, 2.75) is 33.1 Å². The molecule has 3 nitrogen and oxygen atoms in total. The molecule has 0 aliphatic heterocycles. The molecule has 4 heteroatoms. The van der Waals surface area contributed by atoms with Crippen molar-refractivity contribution in [2.75, 3.05) is 0 Å². The molecule has 0 amide bonds. The van der Waals surface area contributed by atoms with Crippen molar-refractivity contribution in [3.8, 4) is 0 Å². The van der Waals surface area contributed by atoms with Crippen LogP contribution in [0.2, 0.25) is 5.15 Å². The number of aromatic nitrogens is 3. The molecular weight excluding hydrogens is 210 g/mol. The largest absolute Gasteiger partial charge is 0.211 e. The second kappa shape index (κ2) is 3.20. The van der Waals surface area contributed by atoms with Gasteiger partial charge in [0.1, 0.15) is 5.15 Å². The van der Waals surface area contributed by atoms with Crippen molar-refractivity contribution in [2.24, 2.45) is 0 Å². The predicted molar refractivity (Wildman–Crippen MR) is 61.4 cm³/mol. The van der Waals surface area contributed by atoms with Gasteiger partial charge in [0, 0.05) is 5.41 Å². The second-order valence-corrected chi connectivity index (χ2v) is 5.20. The highest BCUT2D eigenvalue weighted by molar-refractivity contribution is 6.29. The minimum Gasteiger partial charge on any atom is -0.211 e. The number of aryl methyl sites for hydroxylation is 1. The van der Waals surface area contributed by atoms with Crippen molar-refractivity contribution in [3.05, 3.63) is 28.7 Å². The molecule has 15 heavy (non-hydrogen) atoms. The molecule has 2 aromatic heterocycles. The van der Waals surface area contributed by atoms with Gasteiger partial charge in [-0.1, -0.05) is 32.4 Å². The molecule has 0 N–H and O–H groups in total. The number of rotatable bonds is 0. The summed E-state index contributed by atoms with van der Waals surface area (Å²) in [5.41, 5.74) is 1.86. The lowest BCUT2D eigenvalue weighted by molar-refractivity contribution is 0.545. The second-order valence-electron chi connectivity index (χ2n) is 4.81. The highest BCUT2D eigenvalue weighted by Gasteiger charge is 2.20. The summed E-state index contributed by atoms with van der Waals surface area (Å²) >= 11 is 6.09. The molecule has 0 aliphatic rings. The van der Waals surface area contributed by atoms with E-state index in [-0.39, 0.29) is 5.41 Å². The van der Waals surface area contributed by atoms with Gasteiger partial charge in [-0.15, -0.1) is 5.10 Å². The highest BCUT2D eigenvalue weighted by atomic mass is 35.5. The number of fused-ring (bicyclic) bond motifs is 1. The molecule has 0 fully saturated rings. The van der Waals surface area contributed by atoms with E-state index in [9.17, 15) is 0 Å². The molecule has 0 spiro atoms. The van der Waals surface area contributed by atoms with E-state index < -0.39 is 0 Å². The van der Waals surface area contributed by atoms with Crippen LogP contribution in [0.4, 0.5) is 0 Å². The van der Waals surface area contributed by atoms with Crippen molar-refractivity contribution in [3.63, 3.8) is 0 Å². The molecular formula is C11H14ClN3. The molecule has 0 radical (unpaired) electrons. The predicted octanol–water partition coefficient (Wildman–Crippen LogP) is 2.99. The van der Waals surface area contributed by atoms with Crippen LogP contribution in [0.15, 0.2) is 12.1 Å². The molecule has 0 aromatic carbocycles. The van der Waals surface area contributed by atoms with E-state index in [1.807, 2.05) is 19.1 Å². The number of hydrogen-bond donors (Lipinski definition) is 0. The fraction of sp³-hybridized carbons (Fsp3) is 0.455. The average Bonchev–Trinajstić information content (AvgIpc) is 2.46. The van der Waals surface area contributed by atoms with Crippen LogP contribution in [0.5, 0.6) is 0 Å². The summed E-state index contributed by atoms with van der Waals surface area (Å²) in [7, 11) is 0. The van der Waals surface area contributed by atoms with Gasteiger partial charge in [-0.25, -0.2) is 9.50 Å². The number of nitrogens with zero attached hydrogens (tertiary/aromatic N) is 3. The van der Waals surface area contributed by atoms with Gasteiger partial charge in [-0.05, 0) is 24.6 Å². The van der Waals surface area contributed by atoms with E-state index in [1.165, 1.54) is 0 Å². The molecule has 0 aliphatic carbocycles. The maximum absolute atomic E-state index is 6.09. The first kappa shape index (κ1) is 10.4. The molecule has 0 unspecified atom stereocenters. The summed E-state index contributed by atoms with van der Waals surface area (Å²) < 4.78 is 1.68. The zero-order valence-corrected chi connectivity index (χ0v) is 10.1. The third-order valence-corrected chi connectivity index (χ3v) is 2.48. The van der Waals surface area contributed by atoms with Gasteiger partial charge in [0.15, 0.2) is 11.5 Å². The third kappa shape index (κ3) is 1.84. The van der Waals surface area contributed by atoms with E-state index >= 15 is 0 Å². The summed E-state index contributed by atoms with van der Waals surface area (Å²) in [4.78, 5) is 4.47. The average molecular weight is 224 g/mol. The molecule has 2 aromatic rings.